The number of aromatic nitrogens is 4. The Bertz CT molecular complexity index is 1520. The van der Waals surface area contributed by atoms with Crippen LogP contribution >= 0.6 is 0 Å². The number of amides is 2. The number of nitrogens with zero attached hydrogens (tertiary/aromatic N) is 8. The van der Waals surface area contributed by atoms with Gasteiger partial charge in [-0.15, -0.1) is 0 Å². The molecule has 0 aliphatic carbocycles. The molecule has 3 saturated heterocycles. The van der Waals surface area contributed by atoms with Gasteiger partial charge in [-0.2, -0.15) is 10.4 Å². The standard InChI is InChI=1S/C28H31N9O2/c1-4-22(38)37-16-28(17-37)7-8-36(15-28)26-19(13-29)24(23-18(2)5-6-21-20(23)14-30-33-21)31-25(32-26)27(39)35-11-9-34(3)10-12-35/h4-6,14H,1,7-12,15-17H2,2-3H3,(H,30,33). The minimum absolute atomic E-state index is 0.0569. The van der Waals surface area contributed by atoms with E-state index in [-0.39, 0.29) is 23.1 Å². The highest BCUT2D eigenvalue weighted by Crippen LogP contribution is 2.43. The molecule has 0 radical (unpaired) electrons. The number of hydrogen-bond donors (Lipinski definition) is 1. The summed E-state index contributed by atoms with van der Waals surface area (Å²) in [4.78, 5) is 43.2. The normalized spacial score (nSPS) is 18.8. The van der Waals surface area contributed by atoms with Gasteiger partial charge < -0.3 is 19.6 Å². The number of hydrogen-bond acceptors (Lipinski definition) is 8. The molecule has 3 aromatic rings. The summed E-state index contributed by atoms with van der Waals surface area (Å²) in [5.74, 6) is 0.281. The van der Waals surface area contributed by atoms with Crippen molar-refractivity contribution in [1.82, 2.24) is 34.9 Å². The van der Waals surface area contributed by atoms with Crippen molar-refractivity contribution in [2.75, 3.05) is 64.3 Å². The Morgan fingerprint density at radius 1 is 1.10 bits per heavy atom. The number of rotatable bonds is 4. The molecule has 11 nitrogen and oxygen atoms in total. The fourth-order valence-electron chi connectivity index (χ4n) is 6.07. The molecule has 0 unspecified atom stereocenters. The lowest BCUT2D eigenvalue weighted by molar-refractivity contribution is -0.136. The maximum atomic E-state index is 13.7. The van der Waals surface area contributed by atoms with Crippen molar-refractivity contribution in [2.45, 2.75) is 13.3 Å². The number of carbonyl (C=O) groups excluding carboxylic acids is 2. The third-order valence-electron chi connectivity index (χ3n) is 8.33. The van der Waals surface area contributed by atoms with Crippen molar-refractivity contribution in [1.29, 1.82) is 5.26 Å². The second kappa shape index (κ2) is 9.47. The molecule has 1 aromatic carbocycles. The molecule has 1 spiro atoms. The third kappa shape index (κ3) is 4.21. The van der Waals surface area contributed by atoms with Crippen molar-refractivity contribution in [3.8, 4) is 17.3 Å². The van der Waals surface area contributed by atoms with Crippen LogP contribution in [-0.2, 0) is 4.79 Å². The second-order valence-corrected chi connectivity index (χ2v) is 11.0. The maximum Gasteiger partial charge on any atom is 0.291 e. The number of anilines is 1. The Balaban J connectivity index is 1.44. The Hall–Kier alpha value is -4.30. The van der Waals surface area contributed by atoms with Crippen LogP contribution in [0.2, 0.25) is 0 Å². The monoisotopic (exact) mass is 525 g/mol. The van der Waals surface area contributed by atoms with Crippen molar-refractivity contribution in [2.24, 2.45) is 5.41 Å². The fourth-order valence-corrected chi connectivity index (χ4v) is 6.07. The SMILES string of the molecule is C=CC(=O)N1CC2(CCN(c3nc(C(=O)N4CCN(C)CC4)nc(-c4c(C)ccc5[nH]ncc45)c3C#N)C2)C1. The first kappa shape index (κ1) is 25.0. The molecule has 3 fully saturated rings. The summed E-state index contributed by atoms with van der Waals surface area (Å²) in [5.41, 5.74) is 3.26. The van der Waals surface area contributed by atoms with E-state index in [4.69, 9.17) is 9.97 Å². The van der Waals surface area contributed by atoms with Crippen molar-refractivity contribution in [3.05, 3.63) is 47.9 Å². The lowest BCUT2D eigenvalue weighted by Crippen LogP contribution is -2.59. The molecule has 5 heterocycles. The van der Waals surface area contributed by atoms with E-state index in [1.807, 2.05) is 26.1 Å². The van der Waals surface area contributed by atoms with Gasteiger partial charge >= 0.3 is 0 Å². The van der Waals surface area contributed by atoms with E-state index in [2.05, 4.69) is 32.6 Å². The number of aryl methyl sites for hydroxylation is 1. The first-order valence-electron chi connectivity index (χ1n) is 13.2. The highest BCUT2D eigenvalue weighted by Gasteiger charge is 2.49. The van der Waals surface area contributed by atoms with Gasteiger partial charge in [-0.25, -0.2) is 9.97 Å². The van der Waals surface area contributed by atoms with Gasteiger partial charge in [-0.3, -0.25) is 14.7 Å². The van der Waals surface area contributed by atoms with Crippen LogP contribution in [0.15, 0.2) is 31.0 Å². The molecule has 0 atom stereocenters. The molecule has 0 saturated carbocycles. The zero-order valence-electron chi connectivity index (χ0n) is 22.3. The van der Waals surface area contributed by atoms with Crippen LogP contribution < -0.4 is 4.90 Å². The average molecular weight is 526 g/mol. The van der Waals surface area contributed by atoms with E-state index >= 15 is 0 Å². The van der Waals surface area contributed by atoms with E-state index in [9.17, 15) is 14.9 Å². The van der Waals surface area contributed by atoms with Crippen molar-refractivity contribution in [3.63, 3.8) is 0 Å². The average Bonchev–Trinajstić information content (AvgIpc) is 3.59. The molecule has 11 heteroatoms. The first-order valence-corrected chi connectivity index (χ1v) is 13.2. The molecule has 3 aliphatic heterocycles. The van der Waals surface area contributed by atoms with Gasteiger partial charge in [0.1, 0.15) is 11.6 Å². The number of piperazine rings is 1. The Morgan fingerprint density at radius 2 is 1.87 bits per heavy atom. The minimum atomic E-state index is -0.229. The van der Waals surface area contributed by atoms with Crippen LogP contribution in [0.25, 0.3) is 22.2 Å². The highest BCUT2D eigenvalue weighted by atomic mass is 16.2. The van der Waals surface area contributed by atoms with Crippen LogP contribution in [0.5, 0.6) is 0 Å². The maximum absolute atomic E-state index is 13.7. The molecular weight excluding hydrogens is 494 g/mol. The Kier molecular flexibility index (Phi) is 6.07. The number of nitriles is 1. The number of likely N-dealkylation sites (N-methyl/N-ethyl adjacent to an activating group) is 1. The zero-order valence-corrected chi connectivity index (χ0v) is 22.3. The van der Waals surface area contributed by atoms with Crippen LogP contribution in [0.1, 0.15) is 28.2 Å². The minimum Gasteiger partial charge on any atom is -0.355 e. The fraction of sp³-hybridized carbons (Fsp3) is 0.429. The van der Waals surface area contributed by atoms with Gasteiger partial charge in [-0.1, -0.05) is 12.6 Å². The topological polar surface area (TPSA) is 125 Å². The van der Waals surface area contributed by atoms with Gasteiger partial charge in [0.25, 0.3) is 5.91 Å². The Labute approximate surface area is 226 Å². The van der Waals surface area contributed by atoms with Crippen LogP contribution in [-0.4, -0.2) is 106 Å². The summed E-state index contributed by atoms with van der Waals surface area (Å²) in [7, 11) is 2.04. The summed E-state index contributed by atoms with van der Waals surface area (Å²) in [5, 5.41) is 18.5. The summed E-state index contributed by atoms with van der Waals surface area (Å²) in [6.07, 6.45) is 3.95. The van der Waals surface area contributed by atoms with E-state index in [0.29, 0.717) is 56.3 Å². The van der Waals surface area contributed by atoms with Gasteiger partial charge in [-0.05, 0) is 38.1 Å². The summed E-state index contributed by atoms with van der Waals surface area (Å²) < 4.78 is 0. The van der Waals surface area contributed by atoms with E-state index < -0.39 is 0 Å². The van der Waals surface area contributed by atoms with E-state index in [1.165, 1.54) is 6.08 Å². The smallest absolute Gasteiger partial charge is 0.291 e. The van der Waals surface area contributed by atoms with Crippen LogP contribution in [0.4, 0.5) is 5.82 Å². The molecule has 2 aromatic heterocycles. The lowest BCUT2D eigenvalue weighted by Gasteiger charge is -2.47. The summed E-state index contributed by atoms with van der Waals surface area (Å²) in [6, 6.07) is 6.28. The van der Waals surface area contributed by atoms with E-state index in [1.54, 1.807) is 16.0 Å². The number of likely N-dealkylation sites (tertiary alicyclic amines) is 1. The van der Waals surface area contributed by atoms with E-state index in [0.717, 1.165) is 41.5 Å². The van der Waals surface area contributed by atoms with Crippen LogP contribution in [0, 0.1) is 23.7 Å². The van der Waals surface area contributed by atoms with Gasteiger partial charge in [0.2, 0.25) is 11.7 Å². The van der Waals surface area contributed by atoms with Gasteiger partial charge in [0.05, 0.1) is 17.4 Å². The predicted molar refractivity (Wildman–Crippen MR) is 146 cm³/mol. The van der Waals surface area contributed by atoms with Crippen LogP contribution in [0.3, 0.4) is 0 Å². The molecule has 200 valence electrons. The molecule has 39 heavy (non-hydrogen) atoms. The molecule has 1 N–H and O–H groups in total. The van der Waals surface area contributed by atoms with Gasteiger partial charge in [0, 0.05) is 68.7 Å². The van der Waals surface area contributed by atoms with Gasteiger partial charge in [0.15, 0.2) is 5.82 Å². The third-order valence-corrected chi connectivity index (χ3v) is 8.33. The number of aromatic amines is 1. The largest absolute Gasteiger partial charge is 0.355 e. The number of benzene rings is 1. The number of nitrogens with one attached hydrogen (secondary N) is 1. The summed E-state index contributed by atoms with van der Waals surface area (Å²) in [6.45, 7) is 10.9. The molecule has 6 rings (SSSR count). The number of carbonyl (C=O) groups is 2. The number of H-pyrrole nitrogens is 1. The van der Waals surface area contributed by atoms with Crippen molar-refractivity contribution < 1.29 is 9.59 Å². The first-order chi connectivity index (χ1) is 18.8. The van der Waals surface area contributed by atoms with Crippen molar-refractivity contribution >= 4 is 28.5 Å². The number of fused-ring (bicyclic) bond motifs is 1. The zero-order chi connectivity index (χ0) is 27.3. The molecule has 0 bridgehead atoms. The molecule has 2 amide bonds. The quantitative estimate of drug-likeness (QED) is 0.512. The molecule has 3 aliphatic rings. The molecular formula is C28H31N9O2. The summed E-state index contributed by atoms with van der Waals surface area (Å²) >= 11 is 0. The Morgan fingerprint density at radius 3 is 2.59 bits per heavy atom. The second-order valence-electron chi connectivity index (χ2n) is 11.0. The predicted octanol–water partition coefficient (Wildman–Crippen LogP) is 1.81. The lowest BCUT2D eigenvalue weighted by atomic mass is 9.79. The highest BCUT2D eigenvalue weighted by molar-refractivity contribution is 5.99.